The molecule has 0 spiro atoms. The first-order valence-corrected chi connectivity index (χ1v) is 9.44. The molecular formula is C20H25N5O4. The SMILES string of the molecule is CCOC(=O)C1=C(C)N(CC(=O)NCCOC)c2ncnn2[C@H]1c1ccccc1. The van der Waals surface area contributed by atoms with Crippen LogP contribution < -0.4 is 10.2 Å². The molecule has 9 nitrogen and oxygen atoms in total. The van der Waals surface area contributed by atoms with E-state index in [9.17, 15) is 9.59 Å². The number of rotatable bonds is 8. The summed E-state index contributed by atoms with van der Waals surface area (Å²) in [6.45, 7) is 4.62. The summed E-state index contributed by atoms with van der Waals surface area (Å²) in [7, 11) is 1.57. The van der Waals surface area contributed by atoms with Crippen LogP contribution in [0.3, 0.4) is 0 Å². The maximum atomic E-state index is 12.9. The van der Waals surface area contributed by atoms with Crippen LogP contribution in [-0.2, 0) is 19.1 Å². The number of benzene rings is 1. The van der Waals surface area contributed by atoms with E-state index in [0.717, 1.165) is 5.56 Å². The summed E-state index contributed by atoms with van der Waals surface area (Å²) in [6.07, 6.45) is 1.42. The van der Waals surface area contributed by atoms with Crippen LogP contribution in [0, 0.1) is 0 Å². The minimum Gasteiger partial charge on any atom is -0.463 e. The molecule has 0 radical (unpaired) electrons. The van der Waals surface area contributed by atoms with Crippen LogP contribution in [0.25, 0.3) is 0 Å². The van der Waals surface area contributed by atoms with Gasteiger partial charge in [-0.1, -0.05) is 30.3 Å². The number of nitrogens with one attached hydrogen (secondary N) is 1. The molecule has 0 fully saturated rings. The number of hydrogen-bond donors (Lipinski definition) is 1. The summed E-state index contributed by atoms with van der Waals surface area (Å²) in [5.74, 6) is -0.159. The standard InChI is InChI=1S/C20H25N5O4/c1-4-29-19(27)17-14(2)24(12-16(26)21-10-11-28-3)20-22-13-23-25(20)18(17)15-8-6-5-7-9-15/h5-9,13,18H,4,10-12H2,1-3H3,(H,21,26)/t18-/m0/s1. The van der Waals surface area contributed by atoms with Crippen LogP contribution in [0.2, 0.25) is 0 Å². The molecule has 1 aromatic heterocycles. The largest absolute Gasteiger partial charge is 0.463 e. The Morgan fingerprint density at radius 3 is 2.69 bits per heavy atom. The van der Waals surface area contributed by atoms with E-state index in [4.69, 9.17) is 9.47 Å². The first-order valence-electron chi connectivity index (χ1n) is 9.44. The van der Waals surface area contributed by atoms with Crippen LogP contribution in [-0.4, -0.2) is 60.1 Å². The number of anilines is 1. The van der Waals surface area contributed by atoms with Gasteiger partial charge in [-0.3, -0.25) is 4.79 Å². The van der Waals surface area contributed by atoms with Gasteiger partial charge in [-0.25, -0.2) is 9.48 Å². The van der Waals surface area contributed by atoms with E-state index in [2.05, 4.69) is 15.4 Å². The number of esters is 1. The minimum absolute atomic E-state index is 0.00133. The number of methoxy groups -OCH3 is 1. The second-order valence-corrected chi connectivity index (χ2v) is 6.47. The van der Waals surface area contributed by atoms with Gasteiger partial charge in [0.05, 0.1) is 18.8 Å². The molecule has 3 rings (SSSR count). The quantitative estimate of drug-likeness (QED) is 0.527. The van der Waals surface area contributed by atoms with Crippen molar-refractivity contribution in [3.8, 4) is 0 Å². The van der Waals surface area contributed by atoms with Gasteiger partial charge in [-0.15, -0.1) is 0 Å². The third-order valence-electron chi connectivity index (χ3n) is 4.65. The number of carbonyl (C=O) groups excluding carboxylic acids is 2. The van der Waals surface area contributed by atoms with Crippen molar-refractivity contribution in [3.63, 3.8) is 0 Å². The number of amides is 1. The van der Waals surface area contributed by atoms with Crippen molar-refractivity contribution >= 4 is 17.8 Å². The zero-order chi connectivity index (χ0) is 20.8. The Balaban J connectivity index is 2.01. The van der Waals surface area contributed by atoms with Gasteiger partial charge in [-0.2, -0.15) is 10.1 Å². The molecule has 0 aliphatic carbocycles. The molecule has 2 heterocycles. The highest BCUT2D eigenvalue weighted by molar-refractivity contribution is 5.93. The molecule has 1 aliphatic rings. The van der Waals surface area contributed by atoms with E-state index in [1.807, 2.05) is 30.3 Å². The molecule has 1 N–H and O–H groups in total. The number of fused-ring (bicyclic) bond motifs is 1. The van der Waals surface area contributed by atoms with Crippen LogP contribution >= 0.6 is 0 Å². The van der Waals surface area contributed by atoms with E-state index in [0.29, 0.717) is 30.4 Å². The van der Waals surface area contributed by atoms with Crippen LogP contribution in [0.15, 0.2) is 47.9 Å². The maximum Gasteiger partial charge on any atom is 0.338 e. The molecule has 0 saturated heterocycles. The van der Waals surface area contributed by atoms with Crippen molar-refractivity contribution in [2.75, 3.05) is 38.3 Å². The predicted octanol–water partition coefficient (Wildman–Crippen LogP) is 1.29. The Bertz CT molecular complexity index is 893. The third kappa shape index (κ3) is 4.29. The zero-order valence-corrected chi connectivity index (χ0v) is 16.8. The zero-order valence-electron chi connectivity index (χ0n) is 16.8. The smallest absolute Gasteiger partial charge is 0.338 e. The summed E-state index contributed by atoms with van der Waals surface area (Å²) < 4.78 is 11.9. The monoisotopic (exact) mass is 399 g/mol. The van der Waals surface area contributed by atoms with Crippen LogP contribution in [0.4, 0.5) is 5.95 Å². The second kappa shape index (κ2) is 9.33. The molecule has 2 aromatic rings. The molecule has 0 saturated carbocycles. The lowest BCUT2D eigenvalue weighted by Gasteiger charge is -2.35. The molecule has 9 heteroatoms. The highest BCUT2D eigenvalue weighted by Crippen LogP contribution is 2.38. The van der Waals surface area contributed by atoms with Crippen LogP contribution in [0.5, 0.6) is 0 Å². The topological polar surface area (TPSA) is 98.6 Å². The number of nitrogens with zero attached hydrogens (tertiary/aromatic N) is 4. The highest BCUT2D eigenvalue weighted by Gasteiger charge is 2.38. The Morgan fingerprint density at radius 1 is 1.24 bits per heavy atom. The lowest BCUT2D eigenvalue weighted by Crippen LogP contribution is -2.43. The van der Waals surface area contributed by atoms with Gasteiger partial charge in [-0.05, 0) is 19.4 Å². The van der Waals surface area contributed by atoms with Crippen LogP contribution in [0.1, 0.15) is 25.5 Å². The van der Waals surface area contributed by atoms with E-state index in [-0.39, 0.29) is 19.1 Å². The van der Waals surface area contributed by atoms with Gasteiger partial charge in [0, 0.05) is 19.4 Å². The predicted molar refractivity (Wildman–Crippen MR) is 106 cm³/mol. The minimum atomic E-state index is -0.486. The van der Waals surface area contributed by atoms with Crippen molar-refractivity contribution < 1.29 is 19.1 Å². The number of carbonyl (C=O) groups is 2. The summed E-state index contributed by atoms with van der Waals surface area (Å²) >= 11 is 0. The third-order valence-corrected chi connectivity index (χ3v) is 4.65. The molecule has 1 atom stereocenters. The lowest BCUT2D eigenvalue weighted by atomic mass is 9.95. The van der Waals surface area contributed by atoms with Crippen molar-refractivity contribution in [3.05, 3.63) is 53.5 Å². The average Bonchev–Trinajstić information content (AvgIpc) is 3.20. The average molecular weight is 399 g/mol. The molecule has 0 bridgehead atoms. The number of aromatic nitrogens is 3. The molecule has 1 aliphatic heterocycles. The number of hydrogen-bond acceptors (Lipinski definition) is 7. The first-order chi connectivity index (χ1) is 14.1. The molecule has 0 unspecified atom stereocenters. The summed E-state index contributed by atoms with van der Waals surface area (Å²) in [6, 6.07) is 9.08. The van der Waals surface area contributed by atoms with Gasteiger partial charge in [0.2, 0.25) is 11.9 Å². The molecule has 29 heavy (non-hydrogen) atoms. The fourth-order valence-corrected chi connectivity index (χ4v) is 3.33. The van der Waals surface area contributed by atoms with Crippen molar-refractivity contribution in [2.24, 2.45) is 0 Å². The van der Waals surface area contributed by atoms with Gasteiger partial charge in [0.25, 0.3) is 0 Å². The summed E-state index contributed by atoms with van der Waals surface area (Å²) in [5, 5.41) is 7.13. The molecule has 1 amide bonds. The normalized spacial score (nSPS) is 15.8. The Kier molecular flexibility index (Phi) is 6.61. The van der Waals surface area contributed by atoms with Gasteiger partial charge >= 0.3 is 5.97 Å². The molecule has 154 valence electrons. The Labute approximate surface area is 169 Å². The van der Waals surface area contributed by atoms with Gasteiger partial charge in [0.15, 0.2) is 0 Å². The van der Waals surface area contributed by atoms with E-state index >= 15 is 0 Å². The van der Waals surface area contributed by atoms with E-state index < -0.39 is 12.0 Å². The van der Waals surface area contributed by atoms with Crippen molar-refractivity contribution in [1.82, 2.24) is 20.1 Å². The summed E-state index contributed by atoms with van der Waals surface area (Å²) in [5.41, 5.74) is 1.92. The fourth-order valence-electron chi connectivity index (χ4n) is 3.33. The number of allylic oxidation sites excluding steroid dienone is 1. The summed E-state index contributed by atoms with van der Waals surface area (Å²) in [4.78, 5) is 31.3. The van der Waals surface area contributed by atoms with E-state index in [1.165, 1.54) is 6.33 Å². The Morgan fingerprint density at radius 2 is 2.00 bits per heavy atom. The molecular weight excluding hydrogens is 374 g/mol. The Hall–Kier alpha value is -3.20. The molecule has 1 aromatic carbocycles. The van der Waals surface area contributed by atoms with Gasteiger partial charge in [0.1, 0.15) is 18.9 Å². The fraction of sp³-hybridized carbons (Fsp3) is 0.400. The van der Waals surface area contributed by atoms with Crippen molar-refractivity contribution in [1.29, 1.82) is 0 Å². The maximum absolute atomic E-state index is 12.9. The second-order valence-electron chi connectivity index (χ2n) is 6.47. The first kappa shape index (κ1) is 20.5. The number of ether oxygens (including phenoxy) is 2. The highest BCUT2D eigenvalue weighted by atomic mass is 16.5. The lowest BCUT2D eigenvalue weighted by molar-refractivity contribution is -0.139. The van der Waals surface area contributed by atoms with Crippen molar-refractivity contribution in [2.45, 2.75) is 19.9 Å². The van der Waals surface area contributed by atoms with Gasteiger partial charge < -0.3 is 19.7 Å². The van der Waals surface area contributed by atoms with E-state index in [1.54, 1.807) is 30.5 Å².